The van der Waals surface area contributed by atoms with Crippen molar-refractivity contribution < 1.29 is 9.53 Å². The van der Waals surface area contributed by atoms with Gasteiger partial charge in [0, 0.05) is 0 Å². The molecular weight excluding hydrogens is 188 g/mol. The van der Waals surface area contributed by atoms with Crippen molar-refractivity contribution in [1.82, 2.24) is 0 Å². The maximum absolute atomic E-state index is 10.7. The molecule has 0 heterocycles. The highest BCUT2D eigenvalue weighted by atomic mass is 16.5. The molecule has 0 aliphatic rings. The molecule has 0 N–H and O–H groups in total. The number of hydrogen-bond acceptors (Lipinski definition) is 2. The number of carbonyl (C=O) groups excluding carboxylic acids is 1. The molecule has 0 aliphatic carbocycles. The van der Waals surface area contributed by atoms with Gasteiger partial charge in [-0.15, -0.1) is 0 Å². The number of rotatable bonds is 6. The maximum Gasteiger partial charge on any atom is 0.148 e. The normalized spacial score (nSPS) is 12.7. The highest BCUT2D eigenvalue weighted by Crippen LogP contribution is 2.09. The largest absolute Gasteiger partial charge is 0.366 e. The van der Waals surface area contributed by atoms with Gasteiger partial charge in [-0.2, -0.15) is 0 Å². The Morgan fingerprint density at radius 1 is 1.27 bits per heavy atom. The third-order valence-corrected chi connectivity index (χ3v) is 2.16. The Labute approximate surface area is 91.3 Å². The van der Waals surface area contributed by atoms with Gasteiger partial charge in [0.25, 0.3) is 0 Å². The van der Waals surface area contributed by atoms with E-state index in [4.69, 9.17) is 4.74 Å². The van der Waals surface area contributed by atoms with E-state index in [1.165, 1.54) is 0 Å². The van der Waals surface area contributed by atoms with Crippen molar-refractivity contribution in [3.63, 3.8) is 0 Å². The van der Waals surface area contributed by atoms with Crippen LogP contribution >= 0.6 is 0 Å². The molecule has 0 aromatic heterocycles. The zero-order chi connectivity index (χ0) is 11.1. The summed E-state index contributed by atoms with van der Waals surface area (Å²) in [5.41, 5.74) is 1.10. The van der Waals surface area contributed by atoms with Crippen LogP contribution in [0.2, 0.25) is 0 Å². The standard InChI is InChI=1S/C13H18O2/c1-11(2)8-13(9-14)15-10-12-6-4-3-5-7-12/h3-7,9,11,13H,8,10H2,1-2H3. The van der Waals surface area contributed by atoms with E-state index in [2.05, 4.69) is 13.8 Å². The summed E-state index contributed by atoms with van der Waals surface area (Å²) >= 11 is 0. The van der Waals surface area contributed by atoms with Crippen LogP contribution in [0.3, 0.4) is 0 Å². The summed E-state index contributed by atoms with van der Waals surface area (Å²) in [4.78, 5) is 10.7. The molecule has 0 spiro atoms. The van der Waals surface area contributed by atoms with Crippen molar-refractivity contribution in [1.29, 1.82) is 0 Å². The SMILES string of the molecule is CC(C)CC(C=O)OCc1ccccc1. The number of hydrogen-bond donors (Lipinski definition) is 0. The van der Waals surface area contributed by atoms with Gasteiger partial charge in [0.2, 0.25) is 0 Å². The lowest BCUT2D eigenvalue weighted by atomic mass is 10.1. The van der Waals surface area contributed by atoms with Gasteiger partial charge < -0.3 is 9.53 Å². The summed E-state index contributed by atoms with van der Waals surface area (Å²) < 4.78 is 5.52. The Morgan fingerprint density at radius 2 is 1.93 bits per heavy atom. The van der Waals surface area contributed by atoms with Crippen molar-refractivity contribution in [3.8, 4) is 0 Å². The van der Waals surface area contributed by atoms with Crippen LogP contribution in [-0.4, -0.2) is 12.4 Å². The van der Waals surface area contributed by atoms with Crippen LogP contribution in [0, 0.1) is 5.92 Å². The van der Waals surface area contributed by atoms with Gasteiger partial charge in [-0.25, -0.2) is 0 Å². The Kier molecular flexibility index (Phi) is 5.05. The number of ether oxygens (including phenoxy) is 1. The van der Waals surface area contributed by atoms with Gasteiger partial charge >= 0.3 is 0 Å². The van der Waals surface area contributed by atoms with Crippen molar-refractivity contribution in [3.05, 3.63) is 35.9 Å². The Hall–Kier alpha value is -1.15. The minimum absolute atomic E-state index is 0.273. The summed E-state index contributed by atoms with van der Waals surface area (Å²) in [7, 11) is 0. The van der Waals surface area contributed by atoms with Crippen LogP contribution in [0.15, 0.2) is 30.3 Å². The molecule has 15 heavy (non-hydrogen) atoms. The van der Waals surface area contributed by atoms with Gasteiger partial charge in [-0.05, 0) is 17.9 Å². The minimum atomic E-state index is -0.273. The first-order valence-electron chi connectivity index (χ1n) is 5.33. The number of aldehydes is 1. The first-order chi connectivity index (χ1) is 7.22. The van der Waals surface area contributed by atoms with Crippen molar-refractivity contribution in [2.45, 2.75) is 33.0 Å². The second kappa shape index (κ2) is 6.36. The van der Waals surface area contributed by atoms with Gasteiger partial charge in [-0.3, -0.25) is 0 Å². The second-order valence-corrected chi connectivity index (χ2v) is 4.10. The average Bonchev–Trinajstić information content (AvgIpc) is 2.25. The molecule has 1 atom stereocenters. The molecule has 2 heteroatoms. The Bertz CT molecular complexity index is 280. The topological polar surface area (TPSA) is 26.3 Å². The van der Waals surface area contributed by atoms with Gasteiger partial charge in [0.1, 0.15) is 12.4 Å². The molecule has 1 aromatic rings. The molecule has 82 valence electrons. The maximum atomic E-state index is 10.7. The van der Waals surface area contributed by atoms with Crippen LogP contribution in [0.5, 0.6) is 0 Å². The summed E-state index contributed by atoms with van der Waals surface area (Å²) in [6, 6.07) is 9.90. The molecule has 0 saturated heterocycles. The fourth-order valence-electron chi connectivity index (χ4n) is 1.40. The Balaban J connectivity index is 2.38. The van der Waals surface area contributed by atoms with E-state index in [1.807, 2.05) is 30.3 Å². The number of carbonyl (C=O) groups is 1. The molecule has 0 aliphatic heterocycles. The smallest absolute Gasteiger partial charge is 0.148 e. The summed E-state index contributed by atoms with van der Waals surface area (Å²) in [6.45, 7) is 4.68. The molecule has 0 radical (unpaired) electrons. The molecule has 1 aromatic carbocycles. The van der Waals surface area contributed by atoms with Crippen LogP contribution in [0.1, 0.15) is 25.8 Å². The van der Waals surface area contributed by atoms with Crippen LogP contribution in [-0.2, 0) is 16.1 Å². The lowest BCUT2D eigenvalue weighted by molar-refractivity contribution is -0.119. The highest BCUT2D eigenvalue weighted by molar-refractivity contribution is 5.55. The molecule has 0 saturated carbocycles. The predicted octanol–water partition coefficient (Wildman–Crippen LogP) is 2.82. The third kappa shape index (κ3) is 4.75. The highest BCUT2D eigenvalue weighted by Gasteiger charge is 2.09. The fraction of sp³-hybridized carbons (Fsp3) is 0.462. The summed E-state index contributed by atoms with van der Waals surface area (Å²) in [5.74, 6) is 0.482. The van der Waals surface area contributed by atoms with Crippen LogP contribution < -0.4 is 0 Å². The minimum Gasteiger partial charge on any atom is -0.366 e. The second-order valence-electron chi connectivity index (χ2n) is 4.10. The summed E-state index contributed by atoms with van der Waals surface area (Å²) in [6.07, 6.45) is 1.41. The van der Waals surface area contributed by atoms with Gasteiger partial charge in [-0.1, -0.05) is 44.2 Å². The van der Waals surface area contributed by atoms with E-state index in [-0.39, 0.29) is 6.10 Å². The van der Waals surface area contributed by atoms with E-state index in [9.17, 15) is 4.79 Å². The van der Waals surface area contributed by atoms with E-state index >= 15 is 0 Å². The van der Waals surface area contributed by atoms with Gasteiger partial charge in [0.05, 0.1) is 6.61 Å². The zero-order valence-corrected chi connectivity index (χ0v) is 9.35. The molecule has 0 bridgehead atoms. The van der Waals surface area contributed by atoms with E-state index in [0.717, 1.165) is 18.3 Å². The van der Waals surface area contributed by atoms with Gasteiger partial charge in [0.15, 0.2) is 0 Å². The van der Waals surface area contributed by atoms with E-state index in [0.29, 0.717) is 12.5 Å². The number of benzene rings is 1. The van der Waals surface area contributed by atoms with Crippen LogP contribution in [0.4, 0.5) is 0 Å². The molecular formula is C13H18O2. The fourth-order valence-corrected chi connectivity index (χ4v) is 1.40. The molecule has 0 fully saturated rings. The first-order valence-corrected chi connectivity index (χ1v) is 5.33. The lowest BCUT2D eigenvalue weighted by Crippen LogP contribution is -2.16. The van der Waals surface area contributed by atoms with E-state index < -0.39 is 0 Å². The third-order valence-electron chi connectivity index (χ3n) is 2.16. The van der Waals surface area contributed by atoms with Crippen molar-refractivity contribution in [2.24, 2.45) is 5.92 Å². The monoisotopic (exact) mass is 206 g/mol. The first kappa shape index (κ1) is 11.9. The molecule has 0 amide bonds. The predicted molar refractivity (Wildman–Crippen MR) is 60.5 cm³/mol. The van der Waals surface area contributed by atoms with Crippen molar-refractivity contribution >= 4 is 6.29 Å². The lowest BCUT2D eigenvalue weighted by Gasteiger charge is -2.13. The van der Waals surface area contributed by atoms with Crippen LogP contribution in [0.25, 0.3) is 0 Å². The van der Waals surface area contributed by atoms with Crippen molar-refractivity contribution in [2.75, 3.05) is 0 Å². The van der Waals surface area contributed by atoms with E-state index in [1.54, 1.807) is 0 Å². The molecule has 1 rings (SSSR count). The zero-order valence-electron chi connectivity index (χ0n) is 9.35. The summed E-state index contributed by atoms with van der Waals surface area (Å²) in [5, 5.41) is 0. The molecule has 2 nitrogen and oxygen atoms in total. The average molecular weight is 206 g/mol. The molecule has 1 unspecified atom stereocenters. The Morgan fingerprint density at radius 3 is 2.47 bits per heavy atom. The quantitative estimate of drug-likeness (QED) is 0.669.